The number of nitrogens with zero attached hydrogens (tertiary/aromatic N) is 1. The van der Waals surface area contributed by atoms with Gasteiger partial charge in [-0.05, 0) is 32.6 Å². The number of aryl methyl sites for hydroxylation is 1. The maximum Gasteiger partial charge on any atom is 0.226 e. The Morgan fingerprint density at radius 3 is 2.94 bits per heavy atom. The van der Waals surface area contributed by atoms with Crippen LogP contribution in [0.4, 0.5) is 0 Å². The molecule has 1 aliphatic carbocycles. The van der Waals surface area contributed by atoms with Crippen LogP contribution in [0.25, 0.3) is 0 Å². The van der Waals surface area contributed by atoms with Crippen LogP contribution in [0.15, 0.2) is 5.38 Å². The van der Waals surface area contributed by atoms with Gasteiger partial charge in [0, 0.05) is 11.1 Å². The lowest BCUT2D eigenvalue weighted by molar-refractivity contribution is -0.128. The number of rotatable bonds is 4. The molecule has 0 radical (unpaired) electrons. The molecule has 0 saturated heterocycles. The number of nitrogens with one attached hydrogen (secondary N) is 1. The molecule has 0 aromatic carbocycles. The van der Waals surface area contributed by atoms with Crippen LogP contribution in [0.3, 0.4) is 0 Å². The Morgan fingerprint density at radius 2 is 2.44 bits per heavy atom. The van der Waals surface area contributed by atoms with E-state index in [-0.39, 0.29) is 17.9 Å². The third kappa shape index (κ3) is 2.90. The molecule has 1 aliphatic rings. The van der Waals surface area contributed by atoms with Gasteiger partial charge in [-0.25, -0.2) is 4.98 Å². The van der Waals surface area contributed by atoms with Gasteiger partial charge >= 0.3 is 0 Å². The summed E-state index contributed by atoms with van der Waals surface area (Å²) in [6.07, 6.45) is 2.82. The summed E-state index contributed by atoms with van der Waals surface area (Å²) < 4.78 is 0. The van der Waals surface area contributed by atoms with Gasteiger partial charge in [0.2, 0.25) is 5.91 Å². The maximum absolute atomic E-state index is 12.1. The molecular weight excluding hydrogens is 248 g/mol. The Kier molecular flexibility index (Phi) is 4.35. The number of carbonyl (C=O) groups is 1. The van der Waals surface area contributed by atoms with E-state index in [0.717, 1.165) is 36.4 Å². The molecule has 1 saturated carbocycles. The van der Waals surface area contributed by atoms with Crippen LogP contribution in [0, 0.1) is 12.8 Å². The summed E-state index contributed by atoms with van der Waals surface area (Å²) in [5, 5.41) is 15.7. The first-order chi connectivity index (χ1) is 8.61. The van der Waals surface area contributed by atoms with Crippen molar-refractivity contribution in [2.45, 2.75) is 51.7 Å². The summed E-state index contributed by atoms with van der Waals surface area (Å²) in [6, 6.07) is -0.0241. The minimum absolute atomic E-state index is 0.0241. The summed E-state index contributed by atoms with van der Waals surface area (Å²) >= 11 is 1.58. The van der Waals surface area contributed by atoms with E-state index in [1.165, 1.54) is 0 Å². The zero-order chi connectivity index (χ0) is 13.1. The third-order valence-corrected chi connectivity index (χ3v) is 4.55. The molecule has 1 aromatic heterocycles. The molecule has 0 spiro atoms. The molecule has 0 aliphatic heterocycles. The number of hydrogen-bond acceptors (Lipinski definition) is 4. The molecule has 18 heavy (non-hydrogen) atoms. The van der Waals surface area contributed by atoms with Crippen LogP contribution >= 0.6 is 11.3 Å². The summed E-state index contributed by atoms with van der Waals surface area (Å²) in [5.41, 5.74) is 0.989. The topological polar surface area (TPSA) is 62.2 Å². The molecule has 3 atom stereocenters. The molecule has 0 bridgehead atoms. The summed E-state index contributed by atoms with van der Waals surface area (Å²) in [5.74, 6) is -0.264. The largest absolute Gasteiger partial charge is 0.392 e. The van der Waals surface area contributed by atoms with Gasteiger partial charge in [0.05, 0.1) is 18.1 Å². The fourth-order valence-corrected chi connectivity index (χ4v) is 3.33. The highest BCUT2D eigenvalue weighted by atomic mass is 32.1. The number of aliphatic hydroxyl groups is 1. The number of aliphatic hydroxyl groups excluding tert-OH is 1. The van der Waals surface area contributed by atoms with Crippen LogP contribution in [-0.4, -0.2) is 22.1 Å². The van der Waals surface area contributed by atoms with Crippen LogP contribution in [-0.2, 0) is 4.79 Å². The van der Waals surface area contributed by atoms with Gasteiger partial charge in [-0.3, -0.25) is 4.79 Å². The lowest BCUT2D eigenvalue weighted by atomic mass is 10.0. The third-order valence-electron chi connectivity index (χ3n) is 3.48. The Morgan fingerprint density at radius 1 is 1.67 bits per heavy atom. The van der Waals surface area contributed by atoms with Crippen molar-refractivity contribution in [3.63, 3.8) is 0 Å². The highest BCUT2D eigenvalue weighted by molar-refractivity contribution is 7.09. The monoisotopic (exact) mass is 268 g/mol. The molecule has 4 nitrogen and oxygen atoms in total. The van der Waals surface area contributed by atoms with Gasteiger partial charge in [-0.1, -0.05) is 6.92 Å². The minimum atomic E-state index is -0.472. The van der Waals surface area contributed by atoms with E-state index in [9.17, 15) is 9.90 Å². The zero-order valence-corrected chi connectivity index (χ0v) is 11.7. The van der Waals surface area contributed by atoms with Crippen molar-refractivity contribution in [1.29, 1.82) is 0 Å². The first kappa shape index (κ1) is 13.5. The van der Waals surface area contributed by atoms with Gasteiger partial charge in [0.1, 0.15) is 5.01 Å². The van der Waals surface area contributed by atoms with E-state index in [2.05, 4.69) is 10.3 Å². The molecule has 100 valence electrons. The van der Waals surface area contributed by atoms with Gasteiger partial charge < -0.3 is 10.4 Å². The molecule has 2 rings (SSSR count). The fraction of sp³-hybridized carbons (Fsp3) is 0.692. The summed E-state index contributed by atoms with van der Waals surface area (Å²) in [6.45, 7) is 3.99. The SMILES string of the molecule is CCC(NC(=O)C1CCCC1O)c1nc(C)cs1. The molecular formula is C13H20N2O2S. The zero-order valence-electron chi connectivity index (χ0n) is 10.8. The standard InChI is InChI=1S/C13H20N2O2S/c1-3-10(13-14-8(2)7-18-13)15-12(17)9-5-4-6-11(9)16/h7,9-11,16H,3-6H2,1-2H3,(H,15,17). The highest BCUT2D eigenvalue weighted by Crippen LogP contribution is 2.27. The normalized spacial score (nSPS) is 25.1. The second-order valence-corrected chi connectivity index (χ2v) is 5.79. The molecule has 3 unspecified atom stereocenters. The van der Waals surface area contributed by atoms with Crippen LogP contribution < -0.4 is 5.32 Å². The van der Waals surface area contributed by atoms with Gasteiger partial charge in [0.25, 0.3) is 0 Å². The van der Waals surface area contributed by atoms with Crippen molar-refractivity contribution >= 4 is 17.2 Å². The van der Waals surface area contributed by atoms with Gasteiger partial charge in [-0.2, -0.15) is 0 Å². The maximum atomic E-state index is 12.1. The minimum Gasteiger partial charge on any atom is -0.392 e. The van der Waals surface area contributed by atoms with E-state index in [1.54, 1.807) is 11.3 Å². The molecule has 1 fully saturated rings. The van der Waals surface area contributed by atoms with Crippen LogP contribution in [0.5, 0.6) is 0 Å². The van der Waals surface area contributed by atoms with Gasteiger partial charge in [0.15, 0.2) is 0 Å². The van der Waals surface area contributed by atoms with Crippen LogP contribution in [0.1, 0.15) is 49.4 Å². The quantitative estimate of drug-likeness (QED) is 0.880. The van der Waals surface area contributed by atoms with E-state index in [4.69, 9.17) is 0 Å². The first-order valence-electron chi connectivity index (χ1n) is 6.52. The molecule has 2 N–H and O–H groups in total. The first-order valence-corrected chi connectivity index (χ1v) is 7.40. The fourth-order valence-electron chi connectivity index (χ4n) is 2.40. The summed E-state index contributed by atoms with van der Waals surface area (Å²) in [7, 11) is 0. The molecule has 1 amide bonds. The predicted molar refractivity (Wildman–Crippen MR) is 71.4 cm³/mol. The van der Waals surface area contributed by atoms with Crippen molar-refractivity contribution in [2.75, 3.05) is 0 Å². The number of amides is 1. The number of carbonyl (C=O) groups excluding carboxylic acids is 1. The van der Waals surface area contributed by atoms with Crippen molar-refractivity contribution in [2.24, 2.45) is 5.92 Å². The Bertz CT molecular complexity index is 419. The average molecular weight is 268 g/mol. The van der Waals surface area contributed by atoms with Crippen molar-refractivity contribution in [3.8, 4) is 0 Å². The Balaban J connectivity index is 2.00. The summed E-state index contributed by atoms with van der Waals surface area (Å²) in [4.78, 5) is 16.5. The van der Waals surface area contributed by atoms with Gasteiger partial charge in [-0.15, -0.1) is 11.3 Å². The molecule has 5 heteroatoms. The number of aromatic nitrogens is 1. The van der Waals surface area contributed by atoms with E-state index >= 15 is 0 Å². The Labute approximate surface area is 111 Å². The van der Waals surface area contributed by atoms with Crippen molar-refractivity contribution in [1.82, 2.24) is 10.3 Å². The lowest BCUT2D eigenvalue weighted by Gasteiger charge is -2.19. The Hall–Kier alpha value is -0.940. The van der Waals surface area contributed by atoms with Crippen LogP contribution in [0.2, 0.25) is 0 Å². The predicted octanol–water partition coefficient (Wildman–Crippen LogP) is 2.18. The van der Waals surface area contributed by atoms with Crippen molar-refractivity contribution in [3.05, 3.63) is 16.1 Å². The second kappa shape index (κ2) is 5.80. The number of hydrogen-bond donors (Lipinski definition) is 2. The highest BCUT2D eigenvalue weighted by Gasteiger charge is 2.32. The average Bonchev–Trinajstić information content (AvgIpc) is 2.94. The molecule has 1 aromatic rings. The lowest BCUT2D eigenvalue weighted by Crippen LogP contribution is -2.37. The van der Waals surface area contributed by atoms with E-state index in [1.807, 2.05) is 19.2 Å². The second-order valence-electron chi connectivity index (χ2n) is 4.90. The van der Waals surface area contributed by atoms with Crippen molar-refractivity contribution < 1.29 is 9.90 Å². The van der Waals surface area contributed by atoms with E-state index < -0.39 is 6.10 Å². The smallest absolute Gasteiger partial charge is 0.226 e. The molecule has 1 heterocycles. The van der Waals surface area contributed by atoms with E-state index in [0.29, 0.717) is 0 Å². The number of thiazole rings is 1.